The average molecular weight is 692 g/mol. The summed E-state index contributed by atoms with van der Waals surface area (Å²) in [5.41, 5.74) is 4.02. The second-order valence-corrected chi connectivity index (χ2v) is 14.9. The average Bonchev–Trinajstić information content (AvgIpc) is 3.47. The molecule has 1 fully saturated rings. The van der Waals surface area contributed by atoms with E-state index in [0.29, 0.717) is 29.9 Å². The summed E-state index contributed by atoms with van der Waals surface area (Å²) in [6.45, 7) is 8.28. The lowest BCUT2D eigenvalue weighted by molar-refractivity contribution is 0.0939. The predicted molar refractivity (Wildman–Crippen MR) is 185 cm³/mol. The van der Waals surface area contributed by atoms with Crippen LogP contribution < -0.4 is 29.7 Å². The molecule has 4 N–H and O–H groups in total. The molecule has 1 atom stereocenters. The van der Waals surface area contributed by atoms with Gasteiger partial charge in [-0.15, -0.1) is 0 Å². The number of carbonyl (C=O) groups excluding carboxylic acids is 2. The van der Waals surface area contributed by atoms with Gasteiger partial charge in [-0.2, -0.15) is 0 Å². The zero-order valence-corrected chi connectivity index (χ0v) is 28.8. The maximum Gasteiger partial charge on any atom is 0.321 e. The number of benzene rings is 4. The number of nitrogens with zero attached hydrogens (tertiary/aromatic N) is 1. The maximum absolute atomic E-state index is 13.8. The number of rotatable bonds is 11. The first-order valence-corrected chi connectivity index (χ1v) is 18.0. The number of anilines is 3. The SMILES string of the molecule is COc1ccc(C(=O)NC(C)c2ccc(N3CCNC3=O)cc2)cc1S(=O)(=O)Nc1cc(C)ccc1S(=O)(=O)Nc1ccc(C)cc1C. The van der Waals surface area contributed by atoms with E-state index in [1.807, 2.05) is 25.1 Å². The van der Waals surface area contributed by atoms with Gasteiger partial charge < -0.3 is 15.4 Å². The standard InChI is InChI=1S/C34H37N5O7S2/c1-21-6-13-28(23(3)18-21)37-47(42,43)31-15-7-22(2)19-29(31)38-48(44,45)32-20-26(10-14-30(32)46-5)33(40)36-24(4)25-8-11-27(12-9-25)39-17-16-35-34(39)41/h6-15,18-20,24,37-38H,16-17H2,1-5H3,(H,35,41)(H,36,40). The van der Waals surface area contributed by atoms with Crippen molar-refractivity contribution >= 4 is 49.0 Å². The summed E-state index contributed by atoms with van der Waals surface area (Å²) < 4.78 is 65.0. The normalized spacial score (nSPS) is 13.9. The van der Waals surface area contributed by atoms with Crippen LogP contribution in [0.5, 0.6) is 5.75 Å². The van der Waals surface area contributed by atoms with Crippen molar-refractivity contribution in [1.29, 1.82) is 0 Å². The van der Waals surface area contributed by atoms with E-state index in [-0.39, 0.29) is 32.8 Å². The Hall–Kier alpha value is -5.08. The minimum absolute atomic E-state index is 0.0425. The van der Waals surface area contributed by atoms with Crippen molar-refractivity contribution in [3.63, 3.8) is 0 Å². The van der Waals surface area contributed by atoms with E-state index in [9.17, 15) is 26.4 Å². The van der Waals surface area contributed by atoms with Crippen molar-refractivity contribution in [3.8, 4) is 5.75 Å². The molecule has 3 amide bonds. The molecular weight excluding hydrogens is 655 g/mol. The van der Waals surface area contributed by atoms with Gasteiger partial charge in [0, 0.05) is 24.3 Å². The summed E-state index contributed by atoms with van der Waals surface area (Å²) >= 11 is 0. The van der Waals surface area contributed by atoms with Gasteiger partial charge in [-0.05, 0) is 92.9 Å². The molecule has 0 aromatic heterocycles. The Kier molecular flexibility index (Phi) is 9.69. The Balaban J connectivity index is 1.39. The largest absolute Gasteiger partial charge is 0.495 e. The Labute approximate surface area is 280 Å². The van der Waals surface area contributed by atoms with E-state index in [0.717, 1.165) is 16.8 Å². The molecule has 1 aliphatic rings. The molecule has 1 unspecified atom stereocenters. The number of nitrogens with one attached hydrogen (secondary N) is 4. The monoisotopic (exact) mass is 691 g/mol. The lowest BCUT2D eigenvalue weighted by atomic mass is 10.1. The van der Waals surface area contributed by atoms with Gasteiger partial charge in [-0.25, -0.2) is 21.6 Å². The quantitative estimate of drug-likeness (QED) is 0.167. The van der Waals surface area contributed by atoms with Gasteiger partial charge in [0.25, 0.3) is 26.0 Å². The van der Waals surface area contributed by atoms with Crippen LogP contribution in [0.2, 0.25) is 0 Å². The molecule has 5 rings (SSSR count). The highest BCUT2D eigenvalue weighted by molar-refractivity contribution is 7.94. The first kappa shape index (κ1) is 34.3. The first-order valence-electron chi connectivity index (χ1n) is 15.1. The number of urea groups is 1. The van der Waals surface area contributed by atoms with Crippen molar-refractivity contribution in [1.82, 2.24) is 10.6 Å². The van der Waals surface area contributed by atoms with Crippen molar-refractivity contribution in [2.24, 2.45) is 0 Å². The van der Waals surface area contributed by atoms with Crippen LogP contribution in [0, 0.1) is 20.8 Å². The molecule has 252 valence electrons. The lowest BCUT2D eigenvalue weighted by Crippen LogP contribution is -2.28. The Bertz CT molecular complexity index is 2100. The zero-order valence-electron chi connectivity index (χ0n) is 27.1. The van der Waals surface area contributed by atoms with Gasteiger partial charge in [0.1, 0.15) is 15.5 Å². The number of amides is 3. The van der Waals surface area contributed by atoms with E-state index in [1.54, 1.807) is 56.0 Å². The Morgan fingerprint density at radius 2 is 1.46 bits per heavy atom. The predicted octanol–water partition coefficient (Wildman–Crippen LogP) is 5.24. The topological polar surface area (TPSA) is 163 Å². The van der Waals surface area contributed by atoms with Crippen LogP contribution in [0.15, 0.2) is 88.7 Å². The molecule has 1 heterocycles. The fraction of sp³-hybridized carbons (Fsp3) is 0.235. The van der Waals surface area contributed by atoms with E-state index in [2.05, 4.69) is 20.1 Å². The molecule has 4 aromatic carbocycles. The summed E-state index contributed by atoms with van der Waals surface area (Å²) in [5.74, 6) is -0.583. The van der Waals surface area contributed by atoms with Crippen molar-refractivity contribution in [3.05, 3.63) is 107 Å². The molecule has 12 nitrogen and oxygen atoms in total. The minimum Gasteiger partial charge on any atom is -0.495 e. The molecule has 0 radical (unpaired) electrons. The van der Waals surface area contributed by atoms with Gasteiger partial charge in [-0.3, -0.25) is 19.1 Å². The summed E-state index contributed by atoms with van der Waals surface area (Å²) in [7, 11) is -7.42. The van der Waals surface area contributed by atoms with E-state index >= 15 is 0 Å². The van der Waals surface area contributed by atoms with Gasteiger partial charge >= 0.3 is 6.03 Å². The zero-order chi connectivity index (χ0) is 34.8. The second-order valence-electron chi connectivity index (χ2n) is 11.6. The number of ether oxygens (including phenoxy) is 1. The molecular formula is C34H37N5O7S2. The Morgan fingerprint density at radius 1 is 0.812 bits per heavy atom. The number of hydrogen-bond donors (Lipinski definition) is 4. The molecule has 0 bridgehead atoms. The number of hydrogen-bond acceptors (Lipinski definition) is 7. The molecule has 0 saturated carbocycles. The van der Waals surface area contributed by atoms with Crippen LogP contribution >= 0.6 is 0 Å². The number of aryl methyl sites for hydroxylation is 3. The minimum atomic E-state index is -4.48. The van der Waals surface area contributed by atoms with Crippen molar-refractivity contribution in [2.75, 3.05) is 34.5 Å². The summed E-state index contributed by atoms with van der Waals surface area (Å²) in [5, 5.41) is 5.62. The van der Waals surface area contributed by atoms with E-state index in [1.165, 1.54) is 37.4 Å². The van der Waals surface area contributed by atoms with Crippen LogP contribution in [0.1, 0.15) is 45.6 Å². The summed E-state index contributed by atoms with van der Waals surface area (Å²) in [4.78, 5) is 26.3. The van der Waals surface area contributed by atoms with Crippen LogP contribution in [0.3, 0.4) is 0 Å². The summed E-state index contributed by atoms with van der Waals surface area (Å²) in [6, 6.07) is 20.1. The first-order chi connectivity index (χ1) is 22.7. The van der Waals surface area contributed by atoms with Gasteiger partial charge in [0.15, 0.2) is 0 Å². The van der Waals surface area contributed by atoms with Gasteiger partial charge in [0.05, 0.1) is 24.5 Å². The van der Waals surface area contributed by atoms with E-state index in [4.69, 9.17) is 4.74 Å². The van der Waals surface area contributed by atoms with Crippen LogP contribution in [-0.2, 0) is 20.0 Å². The third-order valence-electron chi connectivity index (χ3n) is 7.92. The molecule has 14 heteroatoms. The third kappa shape index (κ3) is 7.39. The fourth-order valence-electron chi connectivity index (χ4n) is 5.34. The molecule has 4 aromatic rings. The number of methoxy groups -OCH3 is 1. The second kappa shape index (κ2) is 13.6. The van der Waals surface area contributed by atoms with Crippen LogP contribution in [-0.4, -0.2) is 49.0 Å². The molecule has 1 saturated heterocycles. The van der Waals surface area contributed by atoms with Crippen LogP contribution in [0.25, 0.3) is 0 Å². The van der Waals surface area contributed by atoms with Crippen LogP contribution in [0.4, 0.5) is 21.9 Å². The highest BCUT2D eigenvalue weighted by Crippen LogP contribution is 2.32. The fourth-order valence-corrected chi connectivity index (χ4v) is 7.94. The highest BCUT2D eigenvalue weighted by atomic mass is 32.2. The highest BCUT2D eigenvalue weighted by Gasteiger charge is 2.27. The van der Waals surface area contributed by atoms with Gasteiger partial charge in [-0.1, -0.05) is 35.9 Å². The lowest BCUT2D eigenvalue weighted by Gasteiger charge is -2.19. The van der Waals surface area contributed by atoms with Crippen molar-refractivity contribution in [2.45, 2.75) is 43.5 Å². The maximum atomic E-state index is 13.8. The molecule has 48 heavy (non-hydrogen) atoms. The molecule has 0 spiro atoms. The Morgan fingerprint density at radius 3 is 2.10 bits per heavy atom. The van der Waals surface area contributed by atoms with Gasteiger partial charge in [0.2, 0.25) is 0 Å². The van der Waals surface area contributed by atoms with Crippen molar-refractivity contribution < 1.29 is 31.2 Å². The van der Waals surface area contributed by atoms with E-state index < -0.39 is 32.0 Å². The smallest absolute Gasteiger partial charge is 0.321 e. The molecule has 1 aliphatic heterocycles. The number of sulfonamides is 2. The third-order valence-corrected chi connectivity index (χ3v) is 10.7. The summed E-state index contributed by atoms with van der Waals surface area (Å²) in [6.07, 6.45) is 0. The number of carbonyl (C=O) groups is 2. The molecule has 0 aliphatic carbocycles.